The molecular weight excluding hydrogens is 186 g/mol. The van der Waals surface area contributed by atoms with Gasteiger partial charge in [0.05, 0.1) is 12.2 Å². The van der Waals surface area contributed by atoms with E-state index in [2.05, 4.69) is 42.2 Å². The van der Waals surface area contributed by atoms with Crippen LogP contribution in [0, 0.1) is 0 Å². The maximum Gasteiger partial charge on any atom is 0.0969 e. The molecule has 2 fully saturated rings. The maximum atomic E-state index is 5.55. The number of piperidine rings is 1. The largest absolute Gasteiger partial charge is 0.368 e. The molecule has 2 aliphatic heterocycles. The lowest BCUT2D eigenvalue weighted by molar-refractivity contribution is 0.188. The Morgan fingerprint density at radius 1 is 1.27 bits per heavy atom. The van der Waals surface area contributed by atoms with Gasteiger partial charge in [0, 0.05) is 19.1 Å². The highest BCUT2D eigenvalue weighted by Gasteiger charge is 2.44. The minimum Gasteiger partial charge on any atom is -0.368 e. The van der Waals surface area contributed by atoms with Crippen molar-refractivity contribution in [3.05, 3.63) is 35.9 Å². The first-order valence-electron chi connectivity index (χ1n) is 5.79. The molecule has 80 valence electrons. The lowest BCUT2D eigenvalue weighted by atomic mass is 10.0. The minimum absolute atomic E-state index is 0.524. The zero-order chi connectivity index (χ0) is 10.3. The lowest BCUT2D eigenvalue weighted by Crippen LogP contribution is -2.36. The van der Waals surface area contributed by atoms with Gasteiger partial charge in [-0.1, -0.05) is 30.3 Å². The van der Waals surface area contributed by atoms with E-state index in [4.69, 9.17) is 4.74 Å². The van der Waals surface area contributed by atoms with E-state index in [0.29, 0.717) is 18.2 Å². The zero-order valence-electron chi connectivity index (χ0n) is 9.10. The van der Waals surface area contributed by atoms with Gasteiger partial charge in [0.15, 0.2) is 0 Å². The number of epoxide rings is 1. The van der Waals surface area contributed by atoms with E-state index >= 15 is 0 Å². The number of hydrogen-bond acceptors (Lipinski definition) is 2. The van der Waals surface area contributed by atoms with Crippen LogP contribution in [0.3, 0.4) is 0 Å². The summed E-state index contributed by atoms with van der Waals surface area (Å²) >= 11 is 0. The number of benzene rings is 1. The molecule has 3 unspecified atom stereocenters. The Morgan fingerprint density at radius 3 is 2.80 bits per heavy atom. The molecule has 2 nitrogen and oxygen atoms in total. The second kappa shape index (κ2) is 3.62. The average molecular weight is 203 g/mol. The van der Waals surface area contributed by atoms with Crippen LogP contribution in [-0.2, 0) is 4.74 Å². The van der Waals surface area contributed by atoms with Gasteiger partial charge in [-0.15, -0.1) is 0 Å². The van der Waals surface area contributed by atoms with Gasteiger partial charge in [-0.3, -0.25) is 4.90 Å². The van der Waals surface area contributed by atoms with Gasteiger partial charge in [-0.2, -0.15) is 0 Å². The predicted octanol–water partition coefficient (Wildman–Crippen LogP) is 2.22. The molecule has 2 heterocycles. The summed E-state index contributed by atoms with van der Waals surface area (Å²) < 4.78 is 5.55. The van der Waals surface area contributed by atoms with Crippen molar-refractivity contribution >= 4 is 0 Å². The first-order chi connectivity index (χ1) is 7.34. The zero-order valence-corrected chi connectivity index (χ0v) is 9.10. The Kier molecular flexibility index (Phi) is 2.26. The third-order valence-corrected chi connectivity index (χ3v) is 3.63. The average Bonchev–Trinajstić information content (AvgIpc) is 3.07. The van der Waals surface area contributed by atoms with Crippen LogP contribution < -0.4 is 0 Å². The monoisotopic (exact) mass is 203 g/mol. The number of fused-ring (bicyclic) bond motifs is 1. The lowest BCUT2D eigenvalue weighted by Gasteiger charge is -2.30. The maximum absolute atomic E-state index is 5.55. The standard InChI is InChI=1S/C13H17NO/c1-10(11-5-3-2-4-6-11)14-8-7-12-13(9-14)15-12/h2-6,10,12-13H,7-9H2,1H3. The van der Waals surface area contributed by atoms with E-state index in [0.717, 1.165) is 6.54 Å². The van der Waals surface area contributed by atoms with Gasteiger partial charge < -0.3 is 4.74 Å². The Bertz CT molecular complexity index is 338. The van der Waals surface area contributed by atoms with E-state index < -0.39 is 0 Å². The number of hydrogen-bond donors (Lipinski definition) is 0. The SMILES string of the molecule is CC(c1ccccc1)N1CCC2OC2C1. The molecule has 0 aromatic heterocycles. The van der Waals surface area contributed by atoms with Crippen LogP contribution >= 0.6 is 0 Å². The molecule has 0 saturated carbocycles. The topological polar surface area (TPSA) is 15.8 Å². The summed E-state index contributed by atoms with van der Waals surface area (Å²) in [4.78, 5) is 2.53. The highest BCUT2D eigenvalue weighted by atomic mass is 16.6. The van der Waals surface area contributed by atoms with Crippen LogP contribution in [0.4, 0.5) is 0 Å². The fraction of sp³-hybridized carbons (Fsp3) is 0.538. The van der Waals surface area contributed by atoms with Gasteiger partial charge in [-0.05, 0) is 18.9 Å². The van der Waals surface area contributed by atoms with Crippen LogP contribution in [-0.4, -0.2) is 30.2 Å². The van der Waals surface area contributed by atoms with Gasteiger partial charge in [0.25, 0.3) is 0 Å². The van der Waals surface area contributed by atoms with E-state index in [1.54, 1.807) is 0 Å². The van der Waals surface area contributed by atoms with Gasteiger partial charge in [-0.25, -0.2) is 0 Å². The summed E-state index contributed by atoms with van der Waals surface area (Å²) in [5.74, 6) is 0. The van der Waals surface area contributed by atoms with Crippen molar-refractivity contribution in [2.75, 3.05) is 13.1 Å². The summed E-state index contributed by atoms with van der Waals surface area (Å²) in [7, 11) is 0. The van der Waals surface area contributed by atoms with Crippen LogP contribution in [0.2, 0.25) is 0 Å². The second-order valence-corrected chi connectivity index (χ2v) is 4.58. The van der Waals surface area contributed by atoms with E-state index in [-0.39, 0.29) is 0 Å². The summed E-state index contributed by atoms with van der Waals surface area (Å²) in [6.45, 7) is 4.58. The fourth-order valence-electron chi connectivity index (χ4n) is 2.50. The van der Waals surface area contributed by atoms with Crippen molar-refractivity contribution in [2.24, 2.45) is 0 Å². The Labute approximate surface area is 90.8 Å². The molecule has 15 heavy (non-hydrogen) atoms. The van der Waals surface area contributed by atoms with Crippen LogP contribution in [0.15, 0.2) is 30.3 Å². The first-order valence-corrected chi connectivity index (χ1v) is 5.79. The summed E-state index contributed by atoms with van der Waals surface area (Å²) in [5.41, 5.74) is 1.41. The summed E-state index contributed by atoms with van der Waals surface area (Å²) in [5, 5.41) is 0. The molecule has 2 aliphatic rings. The second-order valence-electron chi connectivity index (χ2n) is 4.58. The first kappa shape index (κ1) is 9.37. The van der Waals surface area contributed by atoms with Crippen molar-refractivity contribution in [1.82, 2.24) is 4.90 Å². The molecule has 0 N–H and O–H groups in total. The molecule has 2 heteroatoms. The van der Waals surface area contributed by atoms with Gasteiger partial charge >= 0.3 is 0 Å². The van der Waals surface area contributed by atoms with E-state index in [1.807, 2.05) is 0 Å². The number of ether oxygens (including phenoxy) is 1. The van der Waals surface area contributed by atoms with Crippen molar-refractivity contribution in [3.63, 3.8) is 0 Å². The molecule has 3 atom stereocenters. The molecule has 2 saturated heterocycles. The van der Waals surface area contributed by atoms with Crippen LogP contribution in [0.5, 0.6) is 0 Å². The Hall–Kier alpha value is -0.860. The smallest absolute Gasteiger partial charge is 0.0969 e. The molecule has 3 rings (SSSR count). The predicted molar refractivity (Wildman–Crippen MR) is 59.7 cm³/mol. The molecule has 0 amide bonds. The highest BCUT2D eigenvalue weighted by molar-refractivity contribution is 5.18. The third-order valence-electron chi connectivity index (χ3n) is 3.63. The molecular formula is C13H17NO. The van der Waals surface area contributed by atoms with Gasteiger partial charge in [0.1, 0.15) is 0 Å². The Morgan fingerprint density at radius 2 is 2.07 bits per heavy atom. The molecule has 0 bridgehead atoms. The number of rotatable bonds is 2. The molecule has 0 aliphatic carbocycles. The third kappa shape index (κ3) is 1.80. The number of nitrogens with zero attached hydrogens (tertiary/aromatic N) is 1. The van der Waals surface area contributed by atoms with Crippen molar-refractivity contribution in [1.29, 1.82) is 0 Å². The number of likely N-dealkylation sites (tertiary alicyclic amines) is 1. The molecule has 0 radical (unpaired) electrons. The summed E-state index contributed by atoms with van der Waals surface area (Å²) in [6.07, 6.45) is 2.33. The molecule has 1 aromatic carbocycles. The van der Waals surface area contributed by atoms with E-state index in [1.165, 1.54) is 18.5 Å². The normalized spacial score (nSPS) is 32.1. The van der Waals surface area contributed by atoms with Crippen molar-refractivity contribution in [3.8, 4) is 0 Å². The highest BCUT2D eigenvalue weighted by Crippen LogP contribution is 2.34. The Balaban J connectivity index is 1.71. The van der Waals surface area contributed by atoms with Crippen molar-refractivity contribution < 1.29 is 4.74 Å². The quantitative estimate of drug-likeness (QED) is 0.685. The van der Waals surface area contributed by atoms with E-state index in [9.17, 15) is 0 Å². The van der Waals surface area contributed by atoms with Crippen molar-refractivity contribution in [2.45, 2.75) is 31.6 Å². The minimum atomic E-state index is 0.524. The van der Waals surface area contributed by atoms with Gasteiger partial charge in [0.2, 0.25) is 0 Å². The van der Waals surface area contributed by atoms with Crippen LogP contribution in [0.1, 0.15) is 24.9 Å². The fourth-order valence-corrected chi connectivity index (χ4v) is 2.50. The molecule has 1 aromatic rings. The van der Waals surface area contributed by atoms with Crippen LogP contribution in [0.25, 0.3) is 0 Å². The molecule has 0 spiro atoms. The summed E-state index contributed by atoms with van der Waals surface area (Å²) in [6, 6.07) is 11.3.